The zero-order valence-corrected chi connectivity index (χ0v) is 15.4. The first kappa shape index (κ1) is 20.1. The van der Waals surface area contributed by atoms with Crippen LogP contribution in [0.4, 0.5) is 8.78 Å². The largest absolute Gasteiger partial charge is 0.477 e. The van der Waals surface area contributed by atoms with Gasteiger partial charge in [-0.1, -0.05) is 6.58 Å². The Balaban J connectivity index is 1.53. The summed E-state index contributed by atoms with van der Waals surface area (Å²) in [6.07, 6.45) is 5.23. The Kier molecular flexibility index (Phi) is 6.24. The van der Waals surface area contributed by atoms with E-state index in [9.17, 15) is 13.6 Å². The van der Waals surface area contributed by atoms with Crippen molar-refractivity contribution < 1.29 is 18.3 Å². The molecule has 1 aliphatic rings. The second kappa shape index (κ2) is 9.01. The summed E-state index contributed by atoms with van der Waals surface area (Å²) in [5, 5.41) is 13.8. The van der Waals surface area contributed by atoms with E-state index < -0.39 is 23.6 Å². The summed E-state index contributed by atoms with van der Waals surface area (Å²) in [5.74, 6) is -1.36. The maximum absolute atomic E-state index is 14.1. The fourth-order valence-electron chi connectivity index (χ4n) is 2.82. The Morgan fingerprint density at radius 3 is 2.90 bits per heavy atom. The maximum Gasteiger partial charge on any atom is 0.269 e. The summed E-state index contributed by atoms with van der Waals surface area (Å²) in [4.78, 5) is 20.4. The number of nitriles is 1. The SMILES string of the molecule is C=C(CCCOc1cnc(C#N)cn1)C(=O)N1N=CCC1c1cc(F)ccc1F. The molecular formula is C20H17F2N5O2. The van der Waals surface area contributed by atoms with Crippen molar-refractivity contribution >= 4 is 12.1 Å². The van der Waals surface area contributed by atoms with Gasteiger partial charge in [-0.25, -0.2) is 23.8 Å². The van der Waals surface area contributed by atoms with Crippen molar-refractivity contribution in [3.8, 4) is 11.9 Å². The van der Waals surface area contributed by atoms with Gasteiger partial charge in [0.2, 0.25) is 5.88 Å². The normalized spacial score (nSPS) is 15.2. The summed E-state index contributed by atoms with van der Waals surface area (Å²) < 4.78 is 33.0. The van der Waals surface area contributed by atoms with Crippen molar-refractivity contribution in [1.29, 1.82) is 5.26 Å². The van der Waals surface area contributed by atoms with E-state index in [1.54, 1.807) is 0 Å². The first-order valence-electron chi connectivity index (χ1n) is 8.83. The van der Waals surface area contributed by atoms with Crippen molar-refractivity contribution in [3.05, 3.63) is 65.6 Å². The molecule has 2 aromatic rings. The number of benzene rings is 1. The zero-order valence-electron chi connectivity index (χ0n) is 15.4. The summed E-state index contributed by atoms with van der Waals surface area (Å²) in [5.41, 5.74) is 0.540. The predicted octanol–water partition coefficient (Wildman–Crippen LogP) is 3.30. The molecule has 1 atom stereocenters. The van der Waals surface area contributed by atoms with E-state index in [-0.39, 0.29) is 29.3 Å². The van der Waals surface area contributed by atoms with Crippen LogP contribution in [-0.2, 0) is 4.79 Å². The molecule has 0 saturated heterocycles. The number of ether oxygens (including phenoxy) is 1. The molecule has 148 valence electrons. The molecule has 0 saturated carbocycles. The summed E-state index contributed by atoms with van der Waals surface area (Å²) >= 11 is 0. The minimum atomic E-state index is -0.708. The predicted molar refractivity (Wildman–Crippen MR) is 99.7 cm³/mol. The van der Waals surface area contributed by atoms with Crippen LogP contribution in [0.1, 0.15) is 36.6 Å². The van der Waals surface area contributed by atoms with E-state index in [0.717, 1.165) is 23.2 Å². The van der Waals surface area contributed by atoms with Crippen LogP contribution in [0.2, 0.25) is 0 Å². The van der Waals surface area contributed by atoms with Crippen LogP contribution in [0.5, 0.6) is 5.88 Å². The van der Waals surface area contributed by atoms with Crippen molar-refractivity contribution in [2.45, 2.75) is 25.3 Å². The quantitative estimate of drug-likeness (QED) is 0.528. The van der Waals surface area contributed by atoms with Crippen LogP contribution >= 0.6 is 0 Å². The number of carbonyl (C=O) groups is 1. The number of rotatable bonds is 7. The molecule has 9 heteroatoms. The van der Waals surface area contributed by atoms with Crippen LogP contribution < -0.4 is 4.74 Å². The number of amides is 1. The Morgan fingerprint density at radius 2 is 2.17 bits per heavy atom. The van der Waals surface area contributed by atoms with Gasteiger partial charge in [0.1, 0.15) is 17.7 Å². The standard InChI is InChI=1S/C20H17F2N5O2/c1-13(3-2-8-29-19-12-24-15(10-23)11-25-19)20(28)27-18(6-7-26-27)16-9-14(21)4-5-17(16)22/h4-5,7,9,11-12,18H,1-3,6,8H2. The average molecular weight is 397 g/mol. The molecule has 2 heterocycles. The number of nitrogens with zero attached hydrogens (tertiary/aromatic N) is 5. The molecule has 1 unspecified atom stereocenters. The van der Waals surface area contributed by atoms with E-state index in [4.69, 9.17) is 10.00 Å². The van der Waals surface area contributed by atoms with E-state index in [2.05, 4.69) is 21.6 Å². The van der Waals surface area contributed by atoms with Crippen LogP contribution in [0.15, 0.2) is 47.8 Å². The Morgan fingerprint density at radius 1 is 1.34 bits per heavy atom. The molecule has 0 fully saturated rings. The molecule has 3 rings (SSSR count). The Hall–Kier alpha value is -3.67. The summed E-state index contributed by atoms with van der Waals surface area (Å²) in [7, 11) is 0. The van der Waals surface area contributed by atoms with Crippen molar-refractivity contribution in [3.63, 3.8) is 0 Å². The lowest BCUT2D eigenvalue weighted by atomic mass is 10.0. The lowest BCUT2D eigenvalue weighted by molar-refractivity contribution is -0.129. The molecule has 0 aliphatic carbocycles. The van der Waals surface area contributed by atoms with E-state index in [0.29, 0.717) is 19.3 Å². The lowest BCUT2D eigenvalue weighted by Crippen LogP contribution is -2.29. The van der Waals surface area contributed by atoms with E-state index >= 15 is 0 Å². The molecule has 0 spiro atoms. The number of hydrogen-bond acceptors (Lipinski definition) is 6. The lowest BCUT2D eigenvalue weighted by Gasteiger charge is -2.23. The molecule has 0 radical (unpaired) electrons. The first-order valence-corrected chi connectivity index (χ1v) is 8.83. The van der Waals surface area contributed by atoms with Gasteiger partial charge in [-0.3, -0.25) is 4.79 Å². The fraction of sp³-hybridized carbons (Fsp3) is 0.250. The summed E-state index contributed by atoms with van der Waals surface area (Å²) in [6, 6.07) is 4.28. The van der Waals surface area contributed by atoms with E-state index in [1.165, 1.54) is 18.6 Å². The Bertz CT molecular complexity index is 985. The second-order valence-corrected chi connectivity index (χ2v) is 6.27. The van der Waals surface area contributed by atoms with Gasteiger partial charge in [0.25, 0.3) is 5.91 Å². The van der Waals surface area contributed by atoms with Crippen LogP contribution in [0.3, 0.4) is 0 Å². The Labute approximate surface area is 166 Å². The molecule has 0 bridgehead atoms. The molecule has 1 aliphatic heterocycles. The van der Waals surface area contributed by atoms with Crippen molar-refractivity contribution in [1.82, 2.24) is 15.0 Å². The van der Waals surface area contributed by atoms with Crippen LogP contribution in [0, 0.1) is 23.0 Å². The fourth-order valence-corrected chi connectivity index (χ4v) is 2.82. The van der Waals surface area contributed by atoms with Crippen molar-refractivity contribution in [2.24, 2.45) is 5.10 Å². The van der Waals surface area contributed by atoms with Gasteiger partial charge in [0.15, 0.2) is 5.69 Å². The maximum atomic E-state index is 14.1. The highest BCUT2D eigenvalue weighted by atomic mass is 19.1. The van der Waals surface area contributed by atoms with Gasteiger partial charge in [-0.2, -0.15) is 10.4 Å². The number of hydrazone groups is 1. The van der Waals surface area contributed by atoms with Gasteiger partial charge in [-0.15, -0.1) is 0 Å². The van der Waals surface area contributed by atoms with Crippen LogP contribution in [-0.4, -0.2) is 33.7 Å². The minimum Gasteiger partial charge on any atom is -0.477 e. The molecule has 0 N–H and O–H groups in total. The highest BCUT2D eigenvalue weighted by molar-refractivity contribution is 5.94. The topological polar surface area (TPSA) is 91.5 Å². The smallest absolute Gasteiger partial charge is 0.269 e. The third kappa shape index (κ3) is 4.79. The third-order valence-corrected chi connectivity index (χ3v) is 4.27. The molecule has 1 aromatic carbocycles. The highest BCUT2D eigenvalue weighted by Crippen LogP contribution is 2.31. The zero-order chi connectivity index (χ0) is 20.8. The number of carbonyl (C=O) groups excluding carboxylic acids is 1. The third-order valence-electron chi connectivity index (χ3n) is 4.27. The molecule has 1 amide bonds. The van der Waals surface area contributed by atoms with Gasteiger partial charge >= 0.3 is 0 Å². The molecule has 29 heavy (non-hydrogen) atoms. The first-order chi connectivity index (χ1) is 14.0. The number of aromatic nitrogens is 2. The molecular weight excluding hydrogens is 380 g/mol. The van der Waals surface area contributed by atoms with E-state index in [1.807, 2.05) is 6.07 Å². The molecule has 7 nitrogen and oxygen atoms in total. The molecule has 1 aromatic heterocycles. The minimum absolute atomic E-state index is 0.0753. The monoisotopic (exact) mass is 397 g/mol. The summed E-state index contributed by atoms with van der Waals surface area (Å²) in [6.45, 7) is 4.04. The van der Waals surface area contributed by atoms with Gasteiger partial charge in [-0.05, 0) is 31.0 Å². The highest BCUT2D eigenvalue weighted by Gasteiger charge is 2.31. The van der Waals surface area contributed by atoms with Gasteiger partial charge in [0.05, 0.1) is 25.0 Å². The number of halogens is 2. The average Bonchev–Trinajstić information content (AvgIpc) is 3.22. The second-order valence-electron chi connectivity index (χ2n) is 6.27. The van der Waals surface area contributed by atoms with Crippen molar-refractivity contribution in [2.75, 3.05) is 6.61 Å². The van der Waals surface area contributed by atoms with Crippen LogP contribution in [0.25, 0.3) is 0 Å². The van der Waals surface area contributed by atoms with Gasteiger partial charge in [0, 0.05) is 23.8 Å². The number of hydrogen-bond donors (Lipinski definition) is 0. The van der Waals surface area contributed by atoms with Gasteiger partial charge < -0.3 is 4.74 Å².